The molecule has 0 saturated heterocycles. The number of esters is 2. The second-order valence-electron chi connectivity index (χ2n) is 12.4. The molecule has 0 aromatic carbocycles. The molecule has 0 aliphatic carbocycles. The van der Waals surface area contributed by atoms with E-state index in [1.807, 2.05) is 0 Å². The molecule has 0 amide bonds. The maximum absolute atomic E-state index is 12.2. The molecular formula is C36H70O11S. The summed E-state index contributed by atoms with van der Waals surface area (Å²) in [5.41, 5.74) is 0. The second-order valence-corrected chi connectivity index (χ2v) is 14.0. The van der Waals surface area contributed by atoms with Crippen LogP contribution >= 0.6 is 0 Å². The van der Waals surface area contributed by atoms with E-state index in [-0.39, 0.29) is 26.4 Å². The van der Waals surface area contributed by atoms with Gasteiger partial charge in [0.25, 0.3) is 10.1 Å². The van der Waals surface area contributed by atoms with Gasteiger partial charge in [-0.05, 0) is 12.8 Å². The van der Waals surface area contributed by atoms with E-state index in [2.05, 4.69) is 13.8 Å². The van der Waals surface area contributed by atoms with E-state index in [0.717, 1.165) is 25.7 Å². The molecule has 0 spiro atoms. The summed E-state index contributed by atoms with van der Waals surface area (Å²) in [7, 11) is -4.88. The summed E-state index contributed by atoms with van der Waals surface area (Å²) in [6.07, 6.45) is 24.4. The monoisotopic (exact) mass is 710 g/mol. The van der Waals surface area contributed by atoms with Gasteiger partial charge >= 0.3 is 11.9 Å². The van der Waals surface area contributed by atoms with Crippen LogP contribution in [0.3, 0.4) is 0 Å². The molecule has 1 unspecified atom stereocenters. The van der Waals surface area contributed by atoms with Crippen molar-refractivity contribution in [1.29, 1.82) is 0 Å². The summed E-state index contributed by atoms with van der Waals surface area (Å²) in [4.78, 5) is 24.3. The first kappa shape index (κ1) is 46.7. The van der Waals surface area contributed by atoms with Crippen molar-refractivity contribution in [2.24, 2.45) is 0 Å². The minimum atomic E-state index is -4.88. The summed E-state index contributed by atoms with van der Waals surface area (Å²) in [5.74, 6) is -2.21. The van der Waals surface area contributed by atoms with Crippen molar-refractivity contribution < 1.29 is 51.0 Å². The van der Waals surface area contributed by atoms with Gasteiger partial charge in [0.1, 0.15) is 13.2 Å². The van der Waals surface area contributed by atoms with Crippen LogP contribution in [-0.4, -0.2) is 96.2 Å². The predicted molar refractivity (Wildman–Crippen MR) is 189 cm³/mol. The minimum absolute atomic E-state index is 0.0241. The van der Waals surface area contributed by atoms with Gasteiger partial charge in [0.2, 0.25) is 0 Å². The zero-order valence-electron chi connectivity index (χ0n) is 30.4. The summed E-state index contributed by atoms with van der Waals surface area (Å²) < 4.78 is 64.5. The number of carbonyl (C=O) groups is 2. The topological polar surface area (TPSA) is 144 Å². The van der Waals surface area contributed by atoms with Crippen LogP contribution in [0.2, 0.25) is 0 Å². The largest absolute Gasteiger partial charge is 0.463 e. The molecule has 11 nitrogen and oxygen atoms in total. The molecule has 1 N–H and O–H groups in total. The summed E-state index contributed by atoms with van der Waals surface area (Å²) in [6.45, 7) is 7.05. The van der Waals surface area contributed by atoms with E-state index >= 15 is 0 Å². The fraction of sp³-hybridized carbons (Fsp3) is 0.944. The lowest BCUT2D eigenvalue weighted by Crippen LogP contribution is -2.35. The average molecular weight is 711 g/mol. The zero-order chi connectivity index (χ0) is 35.4. The molecule has 0 aliphatic heterocycles. The molecule has 286 valence electrons. The standard InChI is InChI=1S/C36H70O11S/c1-3-5-7-9-11-13-15-17-19-21-23-42-25-27-44-29-31-46-35(37)33-34(48(39,40)41)36(38)47-32-30-45-28-26-43-24-22-20-18-16-14-12-10-8-6-4-2/h34H,3-33H2,1-2H3,(H,39,40,41). The smallest absolute Gasteiger partial charge is 0.327 e. The normalized spacial score (nSPS) is 12.3. The maximum atomic E-state index is 12.2. The molecule has 12 heteroatoms. The SMILES string of the molecule is CCCCCCCCCCCCOCCOCCOC(=O)CC(C(=O)OCCOCCOCCCCCCCCCCCC)S(=O)(=O)O. The highest BCUT2D eigenvalue weighted by Gasteiger charge is 2.35. The Bertz CT molecular complexity index is 823. The first-order chi connectivity index (χ1) is 23.3. The van der Waals surface area contributed by atoms with Crippen LogP contribution < -0.4 is 0 Å². The molecule has 0 heterocycles. The van der Waals surface area contributed by atoms with Crippen molar-refractivity contribution in [3.63, 3.8) is 0 Å². The van der Waals surface area contributed by atoms with Gasteiger partial charge in [-0.3, -0.25) is 14.1 Å². The third kappa shape index (κ3) is 33.2. The number of hydrogen-bond acceptors (Lipinski definition) is 10. The van der Waals surface area contributed by atoms with E-state index in [9.17, 15) is 22.6 Å². The van der Waals surface area contributed by atoms with E-state index in [1.165, 1.54) is 103 Å². The van der Waals surface area contributed by atoms with Crippen molar-refractivity contribution in [1.82, 2.24) is 0 Å². The predicted octanol–water partition coefficient (Wildman–Crippen LogP) is 7.63. The highest BCUT2D eigenvalue weighted by atomic mass is 32.2. The molecule has 0 saturated carbocycles. The van der Waals surface area contributed by atoms with Crippen LogP contribution in [0.25, 0.3) is 0 Å². The first-order valence-corrected chi connectivity index (χ1v) is 20.4. The highest BCUT2D eigenvalue weighted by molar-refractivity contribution is 7.87. The van der Waals surface area contributed by atoms with E-state index in [1.54, 1.807) is 0 Å². The van der Waals surface area contributed by atoms with Crippen LogP contribution in [0.15, 0.2) is 0 Å². The van der Waals surface area contributed by atoms with Crippen LogP contribution in [0.1, 0.15) is 149 Å². The average Bonchev–Trinajstić information content (AvgIpc) is 3.05. The van der Waals surface area contributed by atoms with E-state index < -0.39 is 33.7 Å². The van der Waals surface area contributed by atoms with Crippen molar-refractivity contribution in [2.75, 3.05) is 66.1 Å². The molecule has 0 aromatic heterocycles. The molecule has 1 atom stereocenters. The molecule has 0 aromatic rings. The fourth-order valence-electron chi connectivity index (χ4n) is 5.06. The van der Waals surface area contributed by atoms with Gasteiger partial charge in [-0.15, -0.1) is 0 Å². The second kappa shape index (κ2) is 35.5. The Morgan fingerprint density at radius 3 is 1.15 bits per heavy atom. The summed E-state index contributed by atoms with van der Waals surface area (Å²) in [6, 6.07) is 0. The van der Waals surface area contributed by atoms with Crippen LogP contribution in [-0.2, 0) is 48.1 Å². The molecule has 0 bridgehead atoms. The lowest BCUT2D eigenvalue weighted by molar-refractivity contribution is -0.151. The van der Waals surface area contributed by atoms with Crippen molar-refractivity contribution >= 4 is 22.1 Å². The molecule has 48 heavy (non-hydrogen) atoms. The van der Waals surface area contributed by atoms with Gasteiger partial charge in [-0.1, -0.05) is 129 Å². The highest BCUT2D eigenvalue weighted by Crippen LogP contribution is 2.12. The van der Waals surface area contributed by atoms with Crippen molar-refractivity contribution in [3.8, 4) is 0 Å². The van der Waals surface area contributed by atoms with Crippen LogP contribution in [0.5, 0.6) is 0 Å². The molecule has 0 radical (unpaired) electrons. The van der Waals surface area contributed by atoms with E-state index in [4.69, 9.17) is 28.4 Å². The summed E-state index contributed by atoms with van der Waals surface area (Å²) >= 11 is 0. The number of rotatable bonds is 38. The fourth-order valence-corrected chi connectivity index (χ4v) is 5.71. The number of hydrogen-bond donors (Lipinski definition) is 1. The molecule has 0 rings (SSSR count). The van der Waals surface area contributed by atoms with Gasteiger partial charge in [0, 0.05) is 13.2 Å². The quantitative estimate of drug-likeness (QED) is 0.0384. The first-order valence-electron chi connectivity index (χ1n) is 18.9. The number of carbonyl (C=O) groups excluding carboxylic acids is 2. The minimum Gasteiger partial charge on any atom is -0.463 e. The molecule has 0 aliphatic rings. The van der Waals surface area contributed by atoms with Crippen LogP contribution in [0.4, 0.5) is 0 Å². The van der Waals surface area contributed by atoms with Crippen LogP contribution in [0, 0.1) is 0 Å². The van der Waals surface area contributed by atoms with Gasteiger partial charge in [-0.25, -0.2) is 0 Å². The van der Waals surface area contributed by atoms with Gasteiger partial charge in [-0.2, -0.15) is 8.42 Å². The van der Waals surface area contributed by atoms with Crippen molar-refractivity contribution in [2.45, 2.75) is 154 Å². The Kier molecular flexibility index (Phi) is 34.5. The number of ether oxygens (including phenoxy) is 6. The van der Waals surface area contributed by atoms with E-state index in [0.29, 0.717) is 39.6 Å². The lowest BCUT2D eigenvalue weighted by atomic mass is 10.1. The lowest BCUT2D eigenvalue weighted by Gasteiger charge is -2.13. The molecule has 0 fully saturated rings. The zero-order valence-corrected chi connectivity index (χ0v) is 31.3. The third-order valence-corrected chi connectivity index (χ3v) is 9.04. The maximum Gasteiger partial charge on any atom is 0.327 e. The Labute approximate surface area is 292 Å². The Morgan fingerprint density at radius 1 is 0.458 bits per heavy atom. The molecular weight excluding hydrogens is 640 g/mol. The Morgan fingerprint density at radius 2 is 0.771 bits per heavy atom. The van der Waals surface area contributed by atoms with Gasteiger partial charge < -0.3 is 28.4 Å². The number of unbranched alkanes of at least 4 members (excludes halogenated alkanes) is 18. The van der Waals surface area contributed by atoms with Gasteiger partial charge in [0.15, 0.2) is 5.25 Å². The third-order valence-electron chi connectivity index (χ3n) is 7.97. The Balaban J connectivity index is 3.72. The van der Waals surface area contributed by atoms with Gasteiger partial charge in [0.05, 0.1) is 46.1 Å². The Hall–Kier alpha value is -1.31. The summed E-state index contributed by atoms with van der Waals surface area (Å²) in [5, 5.41) is -2.07. The van der Waals surface area contributed by atoms with Crippen molar-refractivity contribution in [3.05, 3.63) is 0 Å².